The Balaban J connectivity index is 2.40. The highest BCUT2D eigenvalue weighted by molar-refractivity contribution is 5.73. The number of nitrogens with zero attached hydrogens (tertiary/aromatic N) is 2. The van der Waals surface area contributed by atoms with Crippen LogP contribution in [0.4, 0.5) is 5.95 Å². The minimum atomic E-state index is -0.0329. The molecule has 0 saturated heterocycles. The molecule has 0 aromatic carbocycles. The van der Waals surface area contributed by atoms with E-state index in [0.717, 1.165) is 5.69 Å². The molecule has 0 aliphatic carbocycles. The summed E-state index contributed by atoms with van der Waals surface area (Å²) in [4.78, 5) is 19.0. The lowest BCUT2D eigenvalue weighted by Gasteiger charge is -2.13. The van der Waals surface area contributed by atoms with Gasteiger partial charge in [0, 0.05) is 31.4 Å². The maximum absolute atomic E-state index is 10.7. The van der Waals surface area contributed by atoms with E-state index in [4.69, 9.17) is 0 Å². The number of anilines is 1. The second-order valence-electron chi connectivity index (χ2n) is 3.50. The first-order valence-electron chi connectivity index (χ1n) is 4.88. The van der Waals surface area contributed by atoms with E-state index in [1.165, 1.54) is 6.92 Å². The van der Waals surface area contributed by atoms with Gasteiger partial charge in [-0.2, -0.15) is 0 Å². The molecule has 1 aromatic heterocycles. The molecule has 1 aromatic rings. The standard InChI is InChI=1S/C10H16N4O/c1-7-4-5-11-10(14-7)12-6-8(2)13-9(3)15/h4-5,8H,6H2,1-3H3,(H,13,15)(H,11,12,14)/t8-/m0/s1. The van der Waals surface area contributed by atoms with Gasteiger partial charge in [0.1, 0.15) is 0 Å². The summed E-state index contributed by atoms with van der Waals surface area (Å²) in [6.07, 6.45) is 1.70. The third-order valence-electron chi connectivity index (χ3n) is 1.81. The van der Waals surface area contributed by atoms with E-state index in [9.17, 15) is 4.79 Å². The Kier molecular flexibility index (Phi) is 4.03. The Morgan fingerprint density at radius 3 is 2.93 bits per heavy atom. The maximum atomic E-state index is 10.7. The summed E-state index contributed by atoms with van der Waals surface area (Å²) in [6, 6.07) is 1.90. The first-order valence-corrected chi connectivity index (χ1v) is 4.88. The molecular weight excluding hydrogens is 192 g/mol. The van der Waals surface area contributed by atoms with Crippen LogP contribution in [0.1, 0.15) is 19.5 Å². The average Bonchev–Trinajstić information content (AvgIpc) is 2.14. The number of amides is 1. The van der Waals surface area contributed by atoms with Crippen molar-refractivity contribution >= 4 is 11.9 Å². The molecule has 15 heavy (non-hydrogen) atoms. The van der Waals surface area contributed by atoms with Gasteiger partial charge in [0.2, 0.25) is 11.9 Å². The number of nitrogens with one attached hydrogen (secondary N) is 2. The van der Waals surface area contributed by atoms with Crippen molar-refractivity contribution in [2.75, 3.05) is 11.9 Å². The monoisotopic (exact) mass is 208 g/mol. The largest absolute Gasteiger partial charge is 0.352 e. The number of aryl methyl sites for hydroxylation is 1. The average molecular weight is 208 g/mol. The van der Waals surface area contributed by atoms with Crippen molar-refractivity contribution in [3.63, 3.8) is 0 Å². The quantitative estimate of drug-likeness (QED) is 0.765. The second-order valence-corrected chi connectivity index (χ2v) is 3.50. The third-order valence-corrected chi connectivity index (χ3v) is 1.81. The predicted octanol–water partition coefficient (Wildman–Crippen LogP) is 0.722. The van der Waals surface area contributed by atoms with Crippen molar-refractivity contribution in [3.05, 3.63) is 18.0 Å². The molecule has 0 saturated carbocycles. The van der Waals surface area contributed by atoms with Gasteiger partial charge in [0.25, 0.3) is 0 Å². The lowest BCUT2D eigenvalue weighted by atomic mass is 10.3. The highest BCUT2D eigenvalue weighted by Gasteiger charge is 2.03. The van der Waals surface area contributed by atoms with Gasteiger partial charge in [0.05, 0.1) is 0 Å². The van der Waals surface area contributed by atoms with Crippen LogP contribution in [0.2, 0.25) is 0 Å². The minimum absolute atomic E-state index is 0.0329. The molecule has 0 aliphatic heterocycles. The van der Waals surface area contributed by atoms with Crippen molar-refractivity contribution in [1.82, 2.24) is 15.3 Å². The maximum Gasteiger partial charge on any atom is 0.222 e. The van der Waals surface area contributed by atoms with Gasteiger partial charge in [0.15, 0.2) is 0 Å². The fourth-order valence-corrected chi connectivity index (χ4v) is 1.18. The molecule has 2 N–H and O–H groups in total. The summed E-state index contributed by atoms with van der Waals surface area (Å²) in [7, 11) is 0. The molecule has 0 spiro atoms. The Morgan fingerprint density at radius 1 is 1.60 bits per heavy atom. The van der Waals surface area contributed by atoms with Gasteiger partial charge in [-0.15, -0.1) is 0 Å². The van der Waals surface area contributed by atoms with Crippen molar-refractivity contribution in [3.8, 4) is 0 Å². The summed E-state index contributed by atoms with van der Waals surface area (Å²) < 4.78 is 0. The van der Waals surface area contributed by atoms with Crippen LogP contribution in [0, 0.1) is 6.92 Å². The molecule has 1 amide bonds. The molecule has 5 nitrogen and oxygen atoms in total. The number of carbonyl (C=O) groups excluding carboxylic acids is 1. The summed E-state index contributed by atoms with van der Waals surface area (Å²) in [5.74, 6) is 0.557. The lowest BCUT2D eigenvalue weighted by molar-refractivity contribution is -0.119. The summed E-state index contributed by atoms with van der Waals surface area (Å²) in [6.45, 7) is 5.94. The fraction of sp³-hybridized carbons (Fsp3) is 0.500. The molecule has 0 unspecified atom stereocenters. The summed E-state index contributed by atoms with van der Waals surface area (Å²) >= 11 is 0. The Hall–Kier alpha value is -1.65. The van der Waals surface area contributed by atoms with E-state index in [1.807, 2.05) is 19.9 Å². The van der Waals surface area contributed by atoms with Crippen LogP contribution in [-0.2, 0) is 4.79 Å². The van der Waals surface area contributed by atoms with Gasteiger partial charge in [-0.05, 0) is 19.9 Å². The van der Waals surface area contributed by atoms with E-state index in [2.05, 4.69) is 20.6 Å². The number of rotatable bonds is 4. The highest BCUT2D eigenvalue weighted by Crippen LogP contribution is 1.98. The molecule has 0 fully saturated rings. The minimum Gasteiger partial charge on any atom is -0.352 e. The SMILES string of the molecule is CC(=O)N[C@@H](C)CNc1nccc(C)n1. The van der Waals surface area contributed by atoms with Crippen LogP contribution in [0.5, 0.6) is 0 Å². The number of aromatic nitrogens is 2. The van der Waals surface area contributed by atoms with Gasteiger partial charge < -0.3 is 10.6 Å². The highest BCUT2D eigenvalue weighted by atomic mass is 16.1. The molecule has 0 aliphatic rings. The smallest absolute Gasteiger partial charge is 0.222 e. The molecule has 5 heteroatoms. The van der Waals surface area contributed by atoms with Crippen LogP contribution < -0.4 is 10.6 Å². The van der Waals surface area contributed by atoms with Crippen molar-refractivity contribution in [2.24, 2.45) is 0 Å². The van der Waals surface area contributed by atoms with E-state index in [0.29, 0.717) is 12.5 Å². The summed E-state index contributed by atoms with van der Waals surface area (Å²) in [5, 5.41) is 5.82. The predicted molar refractivity (Wildman–Crippen MR) is 58.5 cm³/mol. The van der Waals surface area contributed by atoms with Crippen LogP contribution in [-0.4, -0.2) is 28.5 Å². The van der Waals surface area contributed by atoms with E-state index >= 15 is 0 Å². The molecular formula is C10H16N4O. The molecule has 0 radical (unpaired) electrons. The zero-order valence-corrected chi connectivity index (χ0v) is 9.24. The number of hydrogen-bond acceptors (Lipinski definition) is 4. The van der Waals surface area contributed by atoms with Crippen LogP contribution in [0.3, 0.4) is 0 Å². The number of hydrogen-bond donors (Lipinski definition) is 2. The fourth-order valence-electron chi connectivity index (χ4n) is 1.18. The van der Waals surface area contributed by atoms with Gasteiger partial charge in [-0.1, -0.05) is 0 Å². The number of carbonyl (C=O) groups is 1. The van der Waals surface area contributed by atoms with Crippen molar-refractivity contribution < 1.29 is 4.79 Å². The molecule has 1 heterocycles. The van der Waals surface area contributed by atoms with E-state index < -0.39 is 0 Å². The van der Waals surface area contributed by atoms with E-state index in [1.54, 1.807) is 6.20 Å². The Morgan fingerprint density at radius 2 is 2.33 bits per heavy atom. The molecule has 0 bridgehead atoms. The lowest BCUT2D eigenvalue weighted by Crippen LogP contribution is -2.36. The first-order chi connectivity index (χ1) is 7.08. The zero-order valence-electron chi connectivity index (χ0n) is 9.24. The van der Waals surface area contributed by atoms with Crippen LogP contribution >= 0.6 is 0 Å². The Bertz CT molecular complexity index is 340. The topological polar surface area (TPSA) is 66.9 Å². The third kappa shape index (κ3) is 4.39. The summed E-state index contributed by atoms with van der Waals surface area (Å²) in [5.41, 5.74) is 0.916. The van der Waals surface area contributed by atoms with E-state index in [-0.39, 0.29) is 11.9 Å². The van der Waals surface area contributed by atoms with Crippen molar-refractivity contribution in [1.29, 1.82) is 0 Å². The Labute approximate surface area is 89.3 Å². The van der Waals surface area contributed by atoms with Gasteiger partial charge >= 0.3 is 0 Å². The zero-order chi connectivity index (χ0) is 11.3. The molecule has 1 atom stereocenters. The van der Waals surface area contributed by atoms with Crippen molar-refractivity contribution in [2.45, 2.75) is 26.8 Å². The van der Waals surface area contributed by atoms with Gasteiger partial charge in [-0.3, -0.25) is 4.79 Å². The second kappa shape index (κ2) is 5.29. The molecule has 82 valence electrons. The van der Waals surface area contributed by atoms with Gasteiger partial charge in [-0.25, -0.2) is 9.97 Å². The molecule has 1 rings (SSSR count). The normalized spacial score (nSPS) is 11.9. The van der Waals surface area contributed by atoms with Crippen LogP contribution in [0.25, 0.3) is 0 Å². The first kappa shape index (κ1) is 11.4. The van der Waals surface area contributed by atoms with Crippen LogP contribution in [0.15, 0.2) is 12.3 Å².